The summed E-state index contributed by atoms with van der Waals surface area (Å²) in [4.78, 5) is 27.5. The van der Waals surface area contributed by atoms with Crippen LogP contribution in [0.4, 0.5) is 0 Å². The van der Waals surface area contributed by atoms with Crippen LogP contribution < -0.4 is 5.32 Å². The van der Waals surface area contributed by atoms with Gasteiger partial charge >= 0.3 is 0 Å². The van der Waals surface area contributed by atoms with Gasteiger partial charge in [0, 0.05) is 25.2 Å². The number of likely N-dealkylation sites (tertiary alicyclic amines) is 1. The third-order valence-electron chi connectivity index (χ3n) is 5.09. The first-order valence-corrected chi connectivity index (χ1v) is 9.16. The molecule has 1 N–H and O–H groups in total. The molecule has 2 aromatic rings. The average molecular weight is 350 g/mol. The Morgan fingerprint density at radius 2 is 1.88 bits per heavy atom. The first-order chi connectivity index (χ1) is 12.5. The van der Waals surface area contributed by atoms with Crippen LogP contribution in [-0.2, 0) is 11.3 Å². The molecule has 0 saturated carbocycles. The fourth-order valence-corrected chi connectivity index (χ4v) is 3.55. The van der Waals surface area contributed by atoms with Gasteiger partial charge in [-0.05, 0) is 44.4 Å². The molecule has 136 valence electrons. The van der Waals surface area contributed by atoms with Crippen LogP contribution in [0, 0.1) is 12.3 Å². The minimum absolute atomic E-state index is 0.00971. The summed E-state index contributed by atoms with van der Waals surface area (Å²) in [5, 5.41) is 3.04. The van der Waals surface area contributed by atoms with Gasteiger partial charge in [0.25, 0.3) is 5.91 Å². The van der Waals surface area contributed by atoms with Crippen molar-refractivity contribution in [2.45, 2.75) is 33.2 Å². The number of piperidine rings is 1. The number of carbonyl (C=O) groups is 2. The largest absolute Gasteiger partial charge is 0.351 e. The molecule has 1 aliphatic rings. The summed E-state index contributed by atoms with van der Waals surface area (Å²) in [7, 11) is 0. The standard InChI is InChI=1S/C22H26N2O2/c1-17-8-6-11-19(14-17)20(25)24-13-7-12-22(2,16-24)21(26)23-15-18-9-4-3-5-10-18/h3-6,8-11,14H,7,12-13,15-16H2,1-2H3,(H,23,26). The van der Waals surface area contributed by atoms with Gasteiger partial charge in [-0.1, -0.05) is 48.0 Å². The Hall–Kier alpha value is -2.62. The van der Waals surface area contributed by atoms with Gasteiger partial charge in [-0.3, -0.25) is 9.59 Å². The zero-order chi connectivity index (χ0) is 18.6. The van der Waals surface area contributed by atoms with Crippen LogP contribution in [0.3, 0.4) is 0 Å². The Bertz CT molecular complexity index is 788. The average Bonchev–Trinajstić information content (AvgIpc) is 2.66. The highest BCUT2D eigenvalue weighted by molar-refractivity contribution is 5.95. The van der Waals surface area contributed by atoms with Gasteiger partial charge in [0.1, 0.15) is 0 Å². The van der Waals surface area contributed by atoms with E-state index in [1.807, 2.05) is 73.3 Å². The highest BCUT2D eigenvalue weighted by atomic mass is 16.2. The van der Waals surface area contributed by atoms with Gasteiger partial charge in [-0.2, -0.15) is 0 Å². The van der Waals surface area contributed by atoms with Crippen molar-refractivity contribution >= 4 is 11.8 Å². The van der Waals surface area contributed by atoms with E-state index in [-0.39, 0.29) is 11.8 Å². The predicted octanol–water partition coefficient (Wildman–Crippen LogP) is 3.55. The number of benzene rings is 2. The number of carbonyl (C=O) groups excluding carboxylic acids is 2. The maximum atomic E-state index is 12.8. The first kappa shape index (κ1) is 18.2. The zero-order valence-corrected chi connectivity index (χ0v) is 15.5. The Morgan fingerprint density at radius 3 is 2.62 bits per heavy atom. The molecule has 2 amide bonds. The second-order valence-corrected chi connectivity index (χ2v) is 7.43. The predicted molar refractivity (Wildman–Crippen MR) is 103 cm³/mol. The molecule has 0 spiro atoms. The van der Waals surface area contributed by atoms with Crippen molar-refractivity contribution in [1.82, 2.24) is 10.2 Å². The minimum atomic E-state index is -0.549. The highest BCUT2D eigenvalue weighted by Gasteiger charge is 2.39. The molecule has 2 aromatic carbocycles. The van der Waals surface area contributed by atoms with Crippen molar-refractivity contribution in [2.24, 2.45) is 5.41 Å². The molecule has 1 heterocycles. The topological polar surface area (TPSA) is 49.4 Å². The SMILES string of the molecule is Cc1cccc(C(=O)N2CCCC(C)(C(=O)NCc3ccccc3)C2)c1. The Kier molecular flexibility index (Phi) is 5.40. The lowest BCUT2D eigenvalue weighted by Gasteiger charge is -2.39. The number of rotatable bonds is 4. The van der Waals surface area contributed by atoms with Gasteiger partial charge in [0.05, 0.1) is 5.41 Å². The molecule has 1 aliphatic heterocycles. The summed E-state index contributed by atoms with van der Waals surface area (Å²) in [5.41, 5.74) is 2.29. The molecule has 4 heteroatoms. The van der Waals surface area contributed by atoms with E-state index in [0.717, 1.165) is 24.0 Å². The van der Waals surface area contributed by atoms with Crippen molar-refractivity contribution in [3.8, 4) is 0 Å². The normalized spacial score (nSPS) is 19.8. The Balaban J connectivity index is 1.66. The Morgan fingerprint density at radius 1 is 1.12 bits per heavy atom. The van der Waals surface area contributed by atoms with Crippen LogP contribution in [0.25, 0.3) is 0 Å². The smallest absolute Gasteiger partial charge is 0.253 e. The third-order valence-corrected chi connectivity index (χ3v) is 5.09. The fraction of sp³-hybridized carbons (Fsp3) is 0.364. The van der Waals surface area contributed by atoms with Crippen LogP contribution in [0.15, 0.2) is 54.6 Å². The number of aryl methyl sites for hydroxylation is 1. The molecule has 1 saturated heterocycles. The summed E-state index contributed by atoms with van der Waals surface area (Å²) in [6.07, 6.45) is 1.64. The van der Waals surface area contributed by atoms with Gasteiger partial charge < -0.3 is 10.2 Å². The summed E-state index contributed by atoms with van der Waals surface area (Å²) in [6.45, 7) is 5.62. The first-order valence-electron chi connectivity index (χ1n) is 9.16. The van der Waals surface area contributed by atoms with Crippen LogP contribution in [-0.4, -0.2) is 29.8 Å². The molecular weight excluding hydrogens is 324 g/mol. The highest BCUT2D eigenvalue weighted by Crippen LogP contribution is 2.30. The summed E-state index contributed by atoms with van der Waals surface area (Å²) in [5.74, 6) is 0.0265. The van der Waals surface area contributed by atoms with E-state index in [9.17, 15) is 9.59 Å². The van der Waals surface area contributed by atoms with Gasteiger partial charge in [0.2, 0.25) is 5.91 Å². The van der Waals surface area contributed by atoms with E-state index in [1.54, 1.807) is 0 Å². The van der Waals surface area contributed by atoms with Gasteiger partial charge in [-0.15, -0.1) is 0 Å². The fourth-order valence-electron chi connectivity index (χ4n) is 3.55. The monoisotopic (exact) mass is 350 g/mol. The molecule has 0 aliphatic carbocycles. The van der Waals surface area contributed by atoms with Crippen molar-refractivity contribution in [2.75, 3.05) is 13.1 Å². The minimum Gasteiger partial charge on any atom is -0.351 e. The number of nitrogens with zero attached hydrogens (tertiary/aromatic N) is 1. The van der Waals surface area contributed by atoms with Crippen LogP contribution in [0.1, 0.15) is 41.3 Å². The lowest BCUT2D eigenvalue weighted by molar-refractivity contribution is -0.132. The maximum absolute atomic E-state index is 12.8. The van der Waals surface area contributed by atoms with Crippen molar-refractivity contribution in [3.63, 3.8) is 0 Å². The van der Waals surface area contributed by atoms with Crippen molar-refractivity contribution < 1.29 is 9.59 Å². The lowest BCUT2D eigenvalue weighted by atomic mass is 9.80. The second kappa shape index (κ2) is 7.73. The van der Waals surface area contributed by atoms with Crippen LogP contribution in [0.2, 0.25) is 0 Å². The lowest BCUT2D eigenvalue weighted by Crippen LogP contribution is -2.51. The molecule has 3 rings (SSSR count). The molecule has 1 atom stereocenters. The summed E-state index contributed by atoms with van der Waals surface area (Å²) in [6, 6.07) is 17.5. The number of hydrogen-bond donors (Lipinski definition) is 1. The third kappa shape index (κ3) is 4.13. The molecule has 26 heavy (non-hydrogen) atoms. The molecular formula is C22H26N2O2. The number of nitrogens with one attached hydrogen (secondary N) is 1. The van der Waals surface area contributed by atoms with Gasteiger partial charge in [-0.25, -0.2) is 0 Å². The summed E-state index contributed by atoms with van der Waals surface area (Å²) >= 11 is 0. The van der Waals surface area contributed by atoms with Crippen molar-refractivity contribution in [3.05, 3.63) is 71.3 Å². The molecule has 0 radical (unpaired) electrons. The van der Waals surface area contributed by atoms with Crippen LogP contribution >= 0.6 is 0 Å². The molecule has 1 fully saturated rings. The quantitative estimate of drug-likeness (QED) is 0.917. The molecule has 0 aromatic heterocycles. The zero-order valence-electron chi connectivity index (χ0n) is 15.5. The van der Waals surface area contributed by atoms with E-state index in [4.69, 9.17) is 0 Å². The van der Waals surface area contributed by atoms with E-state index < -0.39 is 5.41 Å². The van der Waals surface area contributed by atoms with E-state index in [0.29, 0.717) is 25.2 Å². The summed E-state index contributed by atoms with van der Waals surface area (Å²) < 4.78 is 0. The Labute approximate surface area is 155 Å². The molecule has 1 unspecified atom stereocenters. The van der Waals surface area contributed by atoms with Crippen molar-refractivity contribution in [1.29, 1.82) is 0 Å². The molecule has 0 bridgehead atoms. The number of hydrogen-bond acceptors (Lipinski definition) is 2. The maximum Gasteiger partial charge on any atom is 0.253 e. The van der Waals surface area contributed by atoms with E-state index in [2.05, 4.69) is 5.32 Å². The number of amides is 2. The van der Waals surface area contributed by atoms with Gasteiger partial charge in [0.15, 0.2) is 0 Å². The van der Waals surface area contributed by atoms with E-state index in [1.165, 1.54) is 0 Å². The van der Waals surface area contributed by atoms with Crippen LogP contribution in [0.5, 0.6) is 0 Å². The molecule has 4 nitrogen and oxygen atoms in total. The van der Waals surface area contributed by atoms with E-state index >= 15 is 0 Å². The second-order valence-electron chi connectivity index (χ2n) is 7.43.